The lowest BCUT2D eigenvalue weighted by molar-refractivity contribution is 0.455. The maximum absolute atomic E-state index is 13.6. The summed E-state index contributed by atoms with van der Waals surface area (Å²) in [4.78, 5) is 8.22. The van der Waals surface area contributed by atoms with Gasteiger partial charge in [-0.25, -0.2) is 9.37 Å². The third-order valence-electron chi connectivity index (χ3n) is 6.59. The number of hydrogen-bond acceptors (Lipinski definition) is 2. The molecule has 154 valence electrons. The molecule has 0 saturated carbocycles. The topological polar surface area (TPSA) is 40.7 Å². The van der Waals surface area contributed by atoms with Crippen LogP contribution in [-0.2, 0) is 6.42 Å². The van der Waals surface area contributed by atoms with Gasteiger partial charge in [0.15, 0.2) is 0 Å². The standard InChI is InChI=1S/C26H28FN3/c27-21-6-3-4-18(16-21)8-9-19-5-1-2-7-22(19)23-12-15-29-26-24(23)17-25(30-26)20-10-13-28-14-11-20/h1-4,6-7,12,15-17,19-20,28H,5,8-11,13-14H2,(H,29,30). The smallest absolute Gasteiger partial charge is 0.138 e. The number of fused-ring (bicyclic) bond motifs is 1. The Morgan fingerprint density at radius 3 is 2.87 bits per heavy atom. The van der Waals surface area contributed by atoms with Crippen LogP contribution in [0.5, 0.6) is 0 Å². The maximum atomic E-state index is 13.6. The van der Waals surface area contributed by atoms with Crippen LogP contribution in [0.15, 0.2) is 60.8 Å². The first-order valence-electron chi connectivity index (χ1n) is 11.1. The van der Waals surface area contributed by atoms with Gasteiger partial charge in [0, 0.05) is 23.2 Å². The maximum Gasteiger partial charge on any atom is 0.138 e. The molecule has 0 spiro atoms. The molecule has 2 N–H and O–H groups in total. The Labute approximate surface area is 177 Å². The predicted molar refractivity (Wildman–Crippen MR) is 121 cm³/mol. The van der Waals surface area contributed by atoms with Crippen LogP contribution in [0.3, 0.4) is 0 Å². The second-order valence-electron chi connectivity index (χ2n) is 8.52. The molecular formula is C26H28FN3. The number of rotatable bonds is 5. The minimum atomic E-state index is -0.152. The van der Waals surface area contributed by atoms with Crippen molar-refractivity contribution in [3.8, 4) is 0 Å². The van der Waals surface area contributed by atoms with E-state index in [1.54, 1.807) is 12.1 Å². The van der Waals surface area contributed by atoms with Gasteiger partial charge in [0.05, 0.1) is 0 Å². The van der Waals surface area contributed by atoms with Gasteiger partial charge < -0.3 is 10.3 Å². The van der Waals surface area contributed by atoms with Crippen molar-refractivity contribution < 1.29 is 4.39 Å². The largest absolute Gasteiger partial charge is 0.343 e. The van der Waals surface area contributed by atoms with Gasteiger partial charge in [-0.15, -0.1) is 0 Å². The first-order chi connectivity index (χ1) is 14.8. The average Bonchev–Trinajstić information content (AvgIpc) is 3.23. The minimum absolute atomic E-state index is 0.152. The van der Waals surface area contributed by atoms with Crippen LogP contribution in [-0.4, -0.2) is 23.1 Å². The highest BCUT2D eigenvalue weighted by atomic mass is 19.1. The molecule has 3 heterocycles. The molecule has 5 rings (SSSR count). The lowest BCUT2D eigenvalue weighted by Gasteiger charge is -2.22. The molecule has 1 fully saturated rings. The second-order valence-corrected chi connectivity index (χ2v) is 8.52. The molecule has 0 amide bonds. The average molecular weight is 402 g/mol. The van der Waals surface area contributed by atoms with Crippen LogP contribution >= 0.6 is 0 Å². The molecule has 2 aliphatic rings. The Morgan fingerprint density at radius 1 is 1.10 bits per heavy atom. The SMILES string of the molecule is Fc1cccc(CCC2CC=CC=C2c2ccnc3[nH]c(C4CCNCC4)cc23)c1. The van der Waals surface area contributed by atoms with Gasteiger partial charge in [-0.2, -0.15) is 0 Å². The molecule has 1 saturated heterocycles. The van der Waals surface area contributed by atoms with Crippen molar-refractivity contribution in [3.63, 3.8) is 0 Å². The third-order valence-corrected chi connectivity index (χ3v) is 6.59. The van der Waals surface area contributed by atoms with Crippen molar-refractivity contribution in [1.29, 1.82) is 0 Å². The Hall–Kier alpha value is -2.72. The fourth-order valence-electron chi connectivity index (χ4n) is 4.95. The van der Waals surface area contributed by atoms with Crippen molar-refractivity contribution >= 4 is 16.6 Å². The highest BCUT2D eigenvalue weighted by molar-refractivity contribution is 5.91. The molecule has 1 atom stereocenters. The van der Waals surface area contributed by atoms with Crippen LogP contribution in [0.2, 0.25) is 0 Å². The summed E-state index contributed by atoms with van der Waals surface area (Å²) >= 11 is 0. The van der Waals surface area contributed by atoms with Gasteiger partial charge >= 0.3 is 0 Å². The number of halogens is 1. The number of pyridine rings is 1. The molecule has 1 aromatic carbocycles. The first-order valence-corrected chi connectivity index (χ1v) is 11.1. The number of nitrogens with one attached hydrogen (secondary N) is 2. The third kappa shape index (κ3) is 3.97. The molecule has 2 aromatic heterocycles. The quantitative estimate of drug-likeness (QED) is 0.570. The minimum Gasteiger partial charge on any atom is -0.343 e. The Balaban J connectivity index is 1.42. The number of hydrogen-bond donors (Lipinski definition) is 2. The molecule has 0 bridgehead atoms. The van der Waals surface area contributed by atoms with E-state index in [9.17, 15) is 4.39 Å². The van der Waals surface area contributed by atoms with Crippen LogP contribution < -0.4 is 5.32 Å². The zero-order chi connectivity index (χ0) is 20.3. The number of benzene rings is 1. The normalized spacial score (nSPS) is 19.9. The van der Waals surface area contributed by atoms with Crippen LogP contribution in [0, 0.1) is 11.7 Å². The summed E-state index contributed by atoms with van der Waals surface area (Å²) in [6.07, 6.45) is 13.8. The predicted octanol–water partition coefficient (Wildman–Crippen LogP) is 5.76. The first kappa shape index (κ1) is 19.3. The second kappa shape index (κ2) is 8.57. The van der Waals surface area contributed by atoms with Crippen LogP contribution in [0.1, 0.15) is 48.4 Å². The van der Waals surface area contributed by atoms with E-state index in [2.05, 4.69) is 45.6 Å². The number of allylic oxidation sites excluding steroid dienone is 4. The van der Waals surface area contributed by atoms with Crippen LogP contribution in [0.25, 0.3) is 16.6 Å². The summed E-state index contributed by atoms with van der Waals surface area (Å²) < 4.78 is 13.6. The highest BCUT2D eigenvalue weighted by Gasteiger charge is 2.22. The molecule has 3 aromatic rings. The molecule has 1 aliphatic heterocycles. The molecule has 4 heteroatoms. The van der Waals surface area contributed by atoms with E-state index < -0.39 is 0 Å². The summed E-state index contributed by atoms with van der Waals surface area (Å²) in [6.45, 7) is 2.16. The number of H-pyrrole nitrogens is 1. The van der Waals surface area contributed by atoms with E-state index in [1.807, 2.05) is 12.3 Å². The Kier molecular flexibility index (Phi) is 5.50. The monoisotopic (exact) mass is 401 g/mol. The van der Waals surface area contributed by atoms with Gasteiger partial charge in [-0.05, 0) is 92.1 Å². The summed E-state index contributed by atoms with van der Waals surface area (Å²) in [6, 6.07) is 11.5. The van der Waals surface area contributed by atoms with Crippen molar-refractivity contribution in [2.24, 2.45) is 5.92 Å². The summed E-state index contributed by atoms with van der Waals surface area (Å²) in [7, 11) is 0. The fraction of sp³-hybridized carbons (Fsp3) is 0.346. The molecule has 1 aliphatic carbocycles. The summed E-state index contributed by atoms with van der Waals surface area (Å²) in [5.74, 6) is 0.860. The van der Waals surface area contributed by atoms with Gasteiger partial charge in [0.1, 0.15) is 11.5 Å². The number of aromatic amines is 1. The number of piperidine rings is 1. The number of aromatic nitrogens is 2. The van der Waals surface area contributed by atoms with Gasteiger partial charge in [0.25, 0.3) is 0 Å². The van der Waals surface area contributed by atoms with Crippen molar-refractivity contribution in [1.82, 2.24) is 15.3 Å². The Morgan fingerprint density at radius 2 is 2.00 bits per heavy atom. The lowest BCUT2D eigenvalue weighted by atomic mass is 9.82. The van der Waals surface area contributed by atoms with Crippen molar-refractivity contribution in [3.05, 3.63) is 83.5 Å². The number of nitrogens with zero attached hydrogens (tertiary/aromatic N) is 1. The number of aryl methyl sites for hydroxylation is 1. The van der Waals surface area contributed by atoms with E-state index in [1.165, 1.54) is 41.1 Å². The molecule has 30 heavy (non-hydrogen) atoms. The zero-order valence-electron chi connectivity index (χ0n) is 17.2. The van der Waals surface area contributed by atoms with Crippen LogP contribution in [0.4, 0.5) is 4.39 Å². The highest BCUT2D eigenvalue weighted by Crippen LogP contribution is 2.37. The van der Waals surface area contributed by atoms with E-state index in [4.69, 9.17) is 0 Å². The lowest BCUT2D eigenvalue weighted by Crippen LogP contribution is -2.26. The van der Waals surface area contributed by atoms with E-state index in [0.29, 0.717) is 11.8 Å². The summed E-state index contributed by atoms with van der Waals surface area (Å²) in [5, 5.41) is 4.67. The fourth-order valence-corrected chi connectivity index (χ4v) is 4.95. The summed E-state index contributed by atoms with van der Waals surface area (Å²) in [5.41, 5.74) is 6.02. The van der Waals surface area contributed by atoms with Gasteiger partial charge in [-0.3, -0.25) is 0 Å². The van der Waals surface area contributed by atoms with E-state index in [0.717, 1.165) is 43.6 Å². The van der Waals surface area contributed by atoms with Crippen molar-refractivity contribution in [2.45, 2.75) is 38.0 Å². The molecular weight excluding hydrogens is 373 g/mol. The Bertz CT molecular complexity index is 1090. The van der Waals surface area contributed by atoms with E-state index >= 15 is 0 Å². The molecule has 0 radical (unpaired) electrons. The molecule has 3 nitrogen and oxygen atoms in total. The molecule has 1 unspecified atom stereocenters. The zero-order valence-corrected chi connectivity index (χ0v) is 17.2. The van der Waals surface area contributed by atoms with Gasteiger partial charge in [-0.1, -0.05) is 30.4 Å². The van der Waals surface area contributed by atoms with E-state index in [-0.39, 0.29) is 5.82 Å². The van der Waals surface area contributed by atoms with Gasteiger partial charge in [0.2, 0.25) is 0 Å². The van der Waals surface area contributed by atoms with Crippen molar-refractivity contribution in [2.75, 3.05) is 13.1 Å².